The van der Waals surface area contributed by atoms with Crippen molar-refractivity contribution in [3.8, 4) is 0 Å². The van der Waals surface area contributed by atoms with Gasteiger partial charge in [-0.25, -0.2) is 17.2 Å². The maximum atomic E-state index is 13.0. The molecule has 0 amide bonds. The van der Waals surface area contributed by atoms with Crippen molar-refractivity contribution >= 4 is 32.5 Å². The molecule has 4 nitrogen and oxygen atoms in total. The third-order valence-corrected chi connectivity index (χ3v) is 6.13. The Kier molecular flexibility index (Phi) is 3.01. The second kappa shape index (κ2) is 4.45. The maximum Gasteiger partial charge on any atom is 0.161 e. The molecule has 0 radical (unpaired) electrons. The van der Waals surface area contributed by atoms with Crippen molar-refractivity contribution in [2.24, 2.45) is 4.99 Å². The number of hydrogen-bond donors (Lipinski definition) is 1. The molecule has 2 atom stereocenters. The number of hydrogen-bond acceptors (Lipinski definition) is 5. The number of rotatable bonds is 1. The van der Waals surface area contributed by atoms with Crippen LogP contribution in [0.3, 0.4) is 0 Å². The molecule has 1 saturated heterocycles. The number of anilines is 1. The van der Waals surface area contributed by atoms with Crippen LogP contribution in [-0.4, -0.2) is 36.4 Å². The number of fused-ring (bicyclic) bond motifs is 1. The number of aliphatic imine (C=N–C) groups is 1. The van der Waals surface area contributed by atoms with Gasteiger partial charge in [0, 0.05) is 17.0 Å². The summed E-state index contributed by atoms with van der Waals surface area (Å²) in [4.78, 5) is 4.27. The molecule has 1 N–H and O–H groups in total. The van der Waals surface area contributed by atoms with Crippen LogP contribution in [0.4, 0.5) is 14.5 Å². The Morgan fingerprint density at radius 1 is 1.26 bits per heavy atom. The zero-order valence-electron chi connectivity index (χ0n) is 9.64. The molecule has 0 spiro atoms. The van der Waals surface area contributed by atoms with Gasteiger partial charge in [0.2, 0.25) is 0 Å². The highest BCUT2D eigenvalue weighted by Crippen LogP contribution is 2.34. The molecule has 0 bridgehead atoms. The fraction of sp³-hybridized carbons (Fsp3) is 0.364. The summed E-state index contributed by atoms with van der Waals surface area (Å²) in [6.45, 7) is 0. The number of halogens is 2. The van der Waals surface area contributed by atoms with Crippen LogP contribution in [0.25, 0.3) is 0 Å². The van der Waals surface area contributed by atoms with Gasteiger partial charge in [0.05, 0.1) is 17.5 Å². The number of benzene rings is 1. The van der Waals surface area contributed by atoms with Crippen molar-refractivity contribution in [3.05, 3.63) is 29.8 Å². The van der Waals surface area contributed by atoms with Gasteiger partial charge in [0.1, 0.15) is 0 Å². The Morgan fingerprint density at radius 3 is 2.74 bits per heavy atom. The van der Waals surface area contributed by atoms with E-state index in [-0.39, 0.29) is 22.8 Å². The molecule has 1 aromatic carbocycles. The van der Waals surface area contributed by atoms with Crippen LogP contribution in [0.15, 0.2) is 23.2 Å². The van der Waals surface area contributed by atoms with E-state index in [2.05, 4.69) is 10.3 Å². The number of thioether (sulfide) groups is 1. The predicted molar refractivity (Wildman–Crippen MR) is 71.2 cm³/mol. The molecule has 2 heterocycles. The van der Waals surface area contributed by atoms with E-state index in [1.165, 1.54) is 17.8 Å². The number of nitrogens with zero attached hydrogens (tertiary/aromatic N) is 1. The Hall–Kier alpha value is -1.15. The molecule has 0 aliphatic carbocycles. The molecule has 2 aliphatic heterocycles. The van der Waals surface area contributed by atoms with Crippen LogP contribution >= 0.6 is 11.8 Å². The quantitative estimate of drug-likeness (QED) is 0.857. The minimum atomic E-state index is -2.98. The van der Waals surface area contributed by atoms with Crippen molar-refractivity contribution in [1.29, 1.82) is 0 Å². The molecular weight excluding hydrogens is 294 g/mol. The average Bonchev–Trinajstić information content (AvgIpc) is 2.76. The SMILES string of the molecule is O=S1(=O)C[C@@H]2N=C(Nc3ccc(F)c(F)c3)S[C@@H]2C1. The molecule has 1 aromatic rings. The van der Waals surface area contributed by atoms with Gasteiger partial charge in [-0.1, -0.05) is 11.8 Å². The van der Waals surface area contributed by atoms with E-state index in [9.17, 15) is 17.2 Å². The zero-order chi connectivity index (χ0) is 13.6. The summed E-state index contributed by atoms with van der Waals surface area (Å²) in [5, 5.41) is 3.36. The summed E-state index contributed by atoms with van der Waals surface area (Å²) in [5.74, 6) is -1.66. The van der Waals surface area contributed by atoms with Gasteiger partial charge in [-0.3, -0.25) is 4.99 Å². The van der Waals surface area contributed by atoms with E-state index in [1.54, 1.807) is 0 Å². The largest absolute Gasteiger partial charge is 0.335 e. The zero-order valence-corrected chi connectivity index (χ0v) is 11.3. The number of amidine groups is 1. The van der Waals surface area contributed by atoms with Crippen LogP contribution in [-0.2, 0) is 9.84 Å². The Morgan fingerprint density at radius 2 is 2.05 bits per heavy atom. The van der Waals surface area contributed by atoms with Gasteiger partial charge in [-0.2, -0.15) is 0 Å². The van der Waals surface area contributed by atoms with Crippen molar-refractivity contribution < 1.29 is 17.2 Å². The van der Waals surface area contributed by atoms with Crippen LogP contribution in [0, 0.1) is 11.6 Å². The number of sulfone groups is 1. The van der Waals surface area contributed by atoms with Gasteiger partial charge in [0.25, 0.3) is 0 Å². The topological polar surface area (TPSA) is 58.5 Å². The summed E-state index contributed by atoms with van der Waals surface area (Å²) in [6, 6.07) is 3.25. The molecule has 102 valence electrons. The Bertz CT molecular complexity index is 661. The highest BCUT2D eigenvalue weighted by Gasteiger charge is 2.42. The molecule has 0 unspecified atom stereocenters. The minimum Gasteiger partial charge on any atom is -0.335 e. The average molecular weight is 304 g/mol. The summed E-state index contributed by atoms with van der Waals surface area (Å²) >= 11 is 1.33. The normalized spacial score (nSPS) is 28.0. The van der Waals surface area contributed by atoms with Crippen molar-refractivity contribution in [2.45, 2.75) is 11.3 Å². The highest BCUT2D eigenvalue weighted by atomic mass is 32.2. The highest BCUT2D eigenvalue weighted by molar-refractivity contribution is 8.15. The van der Waals surface area contributed by atoms with E-state index in [0.29, 0.717) is 10.9 Å². The lowest BCUT2D eigenvalue weighted by atomic mass is 10.3. The van der Waals surface area contributed by atoms with Gasteiger partial charge < -0.3 is 5.32 Å². The van der Waals surface area contributed by atoms with Gasteiger partial charge in [-0.05, 0) is 12.1 Å². The van der Waals surface area contributed by atoms with E-state index < -0.39 is 21.5 Å². The van der Waals surface area contributed by atoms with Gasteiger partial charge >= 0.3 is 0 Å². The molecule has 1 fully saturated rings. The fourth-order valence-electron chi connectivity index (χ4n) is 2.11. The standard InChI is InChI=1S/C11H10F2N2O2S2/c12-7-2-1-6(3-8(7)13)14-11-15-9-4-19(16,17)5-10(9)18-11/h1-3,9-10H,4-5H2,(H,14,15)/t9-,10+/m0/s1. The lowest BCUT2D eigenvalue weighted by molar-refractivity contribution is 0.509. The molecule has 8 heteroatoms. The first-order valence-corrected chi connectivity index (χ1v) is 8.30. The Labute approximate surface area is 113 Å². The van der Waals surface area contributed by atoms with Crippen molar-refractivity contribution in [3.63, 3.8) is 0 Å². The molecule has 19 heavy (non-hydrogen) atoms. The first-order valence-electron chi connectivity index (χ1n) is 5.60. The van der Waals surface area contributed by atoms with Crippen LogP contribution in [0.5, 0.6) is 0 Å². The second-order valence-electron chi connectivity index (χ2n) is 4.49. The van der Waals surface area contributed by atoms with E-state index in [0.717, 1.165) is 12.1 Å². The molecule has 0 saturated carbocycles. The van der Waals surface area contributed by atoms with Gasteiger partial charge in [-0.15, -0.1) is 0 Å². The van der Waals surface area contributed by atoms with Crippen LogP contribution < -0.4 is 5.32 Å². The summed E-state index contributed by atoms with van der Waals surface area (Å²) in [5.41, 5.74) is 0.396. The first kappa shape index (κ1) is 12.9. The predicted octanol–water partition coefficient (Wildman–Crippen LogP) is 1.65. The summed E-state index contributed by atoms with van der Waals surface area (Å²) in [6.07, 6.45) is 0. The number of nitrogens with one attached hydrogen (secondary N) is 1. The molecule has 0 aromatic heterocycles. The monoisotopic (exact) mass is 304 g/mol. The smallest absolute Gasteiger partial charge is 0.161 e. The summed E-state index contributed by atoms with van der Waals surface area (Å²) < 4.78 is 48.6. The Balaban J connectivity index is 1.74. The van der Waals surface area contributed by atoms with Crippen LogP contribution in [0.1, 0.15) is 0 Å². The minimum absolute atomic E-state index is 0.0631. The third kappa shape index (κ3) is 2.59. The van der Waals surface area contributed by atoms with Crippen LogP contribution in [0.2, 0.25) is 0 Å². The van der Waals surface area contributed by atoms with E-state index >= 15 is 0 Å². The summed E-state index contributed by atoms with van der Waals surface area (Å²) in [7, 11) is -2.98. The van der Waals surface area contributed by atoms with Gasteiger partial charge in [0.15, 0.2) is 26.6 Å². The maximum absolute atomic E-state index is 13.0. The lowest BCUT2D eigenvalue weighted by Gasteiger charge is -2.06. The first-order chi connectivity index (χ1) is 8.93. The van der Waals surface area contributed by atoms with E-state index in [4.69, 9.17) is 0 Å². The molecule has 2 aliphatic rings. The van der Waals surface area contributed by atoms with E-state index in [1.807, 2.05) is 0 Å². The third-order valence-electron chi connectivity index (χ3n) is 2.99. The lowest BCUT2D eigenvalue weighted by Crippen LogP contribution is -2.13. The fourth-order valence-corrected chi connectivity index (χ4v) is 5.79. The second-order valence-corrected chi connectivity index (χ2v) is 7.87. The van der Waals surface area contributed by atoms with Crippen molar-refractivity contribution in [2.75, 3.05) is 16.8 Å². The molecule has 3 rings (SSSR count). The molecular formula is C11H10F2N2O2S2. The van der Waals surface area contributed by atoms with Crippen molar-refractivity contribution in [1.82, 2.24) is 0 Å².